The molecular formula is C20H25N3O2. The van der Waals surface area contributed by atoms with E-state index in [0.29, 0.717) is 6.04 Å². The lowest BCUT2D eigenvalue weighted by Crippen LogP contribution is -2.38. The number of benzene rings is 1. The Morgan fingerprint density at radius 1 is 1.20 bits per heavy atom. The van der Waals surface area contributed by atoms with Crippen molar-refractivity contribution in [2.75, 3.05) is 20.2 Å². The average molecular weight is 339 g/mol. The summed E-state index contributed by atoms with van der Waals surface area (Å²) in [4.78, 5) is 18.3. The van der Waals surface area contributed by atoms with E-state index < -0.39 is 0 Å². The van der Waals surface area contributed by atoms with Crippen LogP contribution in [0.2, 0.25) is 0 Å². The van der Waals surface area contributed by atoms with Crippen LogP contribution in [0.15, 0.2) is 36.7 Å². The average Bonchev–Trinajstić information content (AvgIpc) is 3.32. The maximum atomic E-state index is 11.6. The normalized spacial score (nSPS) is 19.8. The lowest BCUT2D eigenvalue weighted by Gasteiger charge is -2.33. The van der Waals surface area contributed by atoms with E-state index in [2.05, 4.69) is 28.8 Å². The summed E-state index contributed by atoms with van der Waals surface area (Å²) in [5.41, 5.74) is 3.19. The van der Waals surface area contributed by atoms with Crippen molar-refractivity contribution in [3.63, 3.8) is 0 Å². The Balaban J connectivity index is 1.70. The number of methoxy groups -OCH3 is 1. The molecule has 1 saturated carbocycles. The van der Waals surface area contributed by atoms with Crippen LogP contribution in [0.3, 0.4) is 0 Å². The smallest absolute Gasteiger partial charge is 0.219 e. The van der Waals surface area contributed by atoms with Crippen molar-refractivity contribution in [3.8, 4) is 11.3 Å². The lowest BCUT2D eigenvalue weighted by atomic mass is 10.0. The van der Waals surface area contributed by atoms with E-state index in [0.717, 1.165) is 50.0 Å². The van der Waals surface area contributed by atoms with E-state index in [1.165, 1.54) is 5.69 Å². The van der Waals surface area contributed by atoms with E-state index in [-0.39, 0.29) is 11.5 Å². The van der Waals surface area contributed by atoms with Crippen LogP contribution in [-0.4, -0.2) is 40.6 Å². The van der Waals surface area contributed by atoms with Crippen LogP contribution in [0.25, 0.3) is 11.3 Å². The molecule has 2 aliphatic rings. The van der Waals surface area contributed by atoms with Crippen molar-refractivity contribution in [1.82, 2.24) is 14.5 Å². The molecule has 0 atom stereocenters. The quantitative estimate of drug-likeness (QED) is 0.858. The number of ether oxygens (including phenoxy) is 1. The van der Waals surface area contributed by atoms with Gasteiger partial charge >= 0.3 is 0 Å². The summed E-state index contributed by atoms with van der Waals surface area (Å²) in [6.45, 7) is 3.29. The zero-order valence-electron chi connectivity index (χ0n) is 14.9. The molecule has 0 spiro atoms. The first kappa shape index (κ1) is 16.3. The molecule has 1 aromatic carbocycles. The van der Waals surface area contributed by atoms with Gasteiger partial charge in [0.05, 0.1) is 17.7 Å². The SMILES string of the molecule is COC1(c2c(-c3ccccc3)ncn2C2CCN(C(C)=O)CC2)CC1. The molecule has 0 N–H and O–H groups in total. The molecule has 5 heteroatoms. The zero-order chi connectivity index (χ0) is 17.4. The van der Waals surface area contributed by atoms with E-state index in [1.54, 1.807) is 14.0 Å². The van der Waals surface area contributed by atoms with Gasteiger partial charge in [0.15, 0.2) is 0 Å². The van der Waals surface area contributed by atoms with Crippen molar-refractivity contribution < 1.29 is 9.53 Å². The van der Waals surface area contributed by atoms with Crippen LogP contribution in [-0.2, 0) is 15.1 Å². The van der Waals surface area contributed by atoms with Crippen molar-refractivity contribution in [2.24, 2.45) is 0 Å². The van der Waals surface area contributed by atoms with Gasteiger partial charge in [-0.2, -0.15) is 0 Å². The van der Waals surface area contributed by atoms with Crippen LogP contribution in [0.4, 0.5) is 0 Å². The summed E-state index contributed by atoms with van der Waals surface area (Å²) in [7, 11) is 1.80. The topological polar surface area (TPSA) is 47.4 Å². The van der Waals surface area contributed by atoms with E-state index >= 15 is 0 Å². The Morgan fingerprint density at radius 2 is 1.88 bits per heavy atom. The molecule has 2 aromatic rings. The standard InChI is InChI=1S/C20H25N3O2/c1-15(24)22-12-8-17(9-13-22)23-14-21-18(16-6-4-3-5-7-16)19(23)20(25-2)10-11-20/h3-7,14,17H,8-13H2,1-2H3. The Kier molecular flexibility index (Phi) is 4.12. The van der Waals surface area contributed by atoms with E-state index in [1.807, 2.05) is 17.3 Å². The summed E-state index contributed by atoms with van der Waals surface area (Å²) in [6.07, 6.45) is 6.00. The van der Waals surface area contributed by atoms with Crippen LogP contribution in [0, 0.1) is 0 Å². The number of amides is 1. The number of aromatic nitrogens is 2. The van der Waals surface area contributed by atoms with Gasteiger partial charge in [0.25, 0.3) is 0 Å². The summed E-state index contributed by atoms with van der Waals surface area (Å²) in [5.74, 6) is 0.171. The van der Waals surface area contributed by atoms with Gasteiger partial charge in [-0.05, 0) is 25.7 Å². The Hall–Kier alpha value is -2.14. The minimum Gasteiger partial charge on any atom is -0.372 e. The van der Waals surface area contributed by atoms with Gasteiger partial charge in [-0.15, -0.1) is 0 Å². The predicted octanol–water partition coefficient (Wildman–Crippen LogP) is 3.37. The third-order valence-corrected chi connectivity index (χ3v) is 5.67. The number of hydrogen-bond donors (Lipinski definition) is 0. The molecule has 0 unspecified atom stereocenters. The third kappa shape index (κ3) is 2.86. The van der Waals surface area contributed by atoms with Gasteiger partial charge in [0, 0.05) is 38.7 Å². The third-order valence-electron chi connectivity index (χ3n) is 5.67. The molecule has 132 valence electrons. The second kappa shape index (κ2) is 6.30. The summed E-state index contributed by atoms with van der Waals surface area (Å²) >= 11 is 0. The van der Waals surface area contributed by atoms with Crippen LogP contribution in [0.5, 0.6) is 0 Å². The molecule has 0 bridgehead atoms. The second-order valence-corrected chi connectivity index (χ2v) is 7.15. The minimum atomic E-state index is -0.195. The zero-order valence-corrected chi connectivity index (χ0v) is 14.9. The summed E-state index contributed by atoms with van der Waals surface area (Å²) in [6, 6.07) is 10.7. The Morgan fingerprint density at radius 3 is 2.44 bits per heavy atom. The molecule has 1 amide bonds. The van der Waals surface area contributed by atoms with Gasteiger partial charge in [0.1, 0.15) is 5.60 Å². The first-order valence-corrected chi connectivity index (χ1v) is 9.08. The van der Waals surface area contributed by atoms with Crippen molar-refractivity contribution >= 4 is 5.91 Å². The molecule has 1 aliphatic carbocycles. The highest BCUT2D eigenvalue weighted by molar-refractivity contribution is 5.73. The van der Waals surface area contributed by atoms with Crippen molar-refractivity contribution in [2.45, 2.75) is 44.2 Å². The van der Waals surface area contributed by atoms with Crippen LogP contribution < -0.4 is 0 Å². The number of carbonyl (C=O) groups is 1. The highest BCUT2D eigenvalue weighted by Crippen LogP contribution is 2.52. The molecular weight excluding hydrogens is 314 g/mol. The molecule has 5 nitrogen and oxygen atoms in total. The fraction of sp³-hybridized carbons (Fsp3) is 0.500. The van der Waals surface area contributed by atoms with E-state index in [9.17, 15) is 4.79 Å². The number of rotatable bonds is 4. The molecule has 2 heterocycles. The van der Waals surface area contributed by atoms with Crippen LogP contribution >= 0.6 is 0 Å². The number of hydrogen-bond acceptors (Lipinski definition) is 3. The maximum Gasteiger partial charge on any atom is 0.219 e. The highest BCUT2D eigenvalue weighted by atomic mass is 16.5. The largest absolute Gasteiger partial charge is 0.372 e. The first-order valence-electron chi connectivity index (χ1n) is 9.08. The van der Waals surface area contributed by atoms with Gasteiger partial charge in [-0.1, -0.05) is 30.3 Å². The Labute approximate surface area is 148 Å². The molecule has 1 aliphatic heterocycles. The number of nitrogens with zero attached hydrogens (tertiary/aromatic N) is 3. The van der Waals surface area contributed by atoms with Crippen molar-refractivity contribution in [3.05, 3.63) is 42.4 Å². The highest BCUT2D eigenvalue weighted by Gasteiger charge is 2.50. The predicted molar refractivity (Wildman–Crippen MR) is 96.1 cm³/mol. The molecule has 25 heavy (non-hydrogen) atoms. The number of likely N-dealkylation sites (tertiary alicyclic amines) is 1. The van der Waals surface area contributed by atoms with Crippen molar-refractivity contribution in [1.29, 1.82) is 0 Å². The van der Waals surface area contributed by atoms with Gasteiger partial charge in [0.2, 0.25) is 5.91 Å². The molecule has 2 fully saturated rings. The number of piperidine rings is 1. The summed E-state index contributed by atoms with van der Waals surface area (Å²) in [5, 5.41) is 0. The van der Waals surface area contributed by atoms with Crippen LogP contribution in [0.1, 0.15) is 44.3 Å². The minimum absolute atomic E-state index is 0.171. The van der Waals surface area contributed by atoms with Gasteiger partial charge in [-0.25, -0.2) is 4.98 Å². The van der Waals surface area contributed by atoms with E-state index in [4.69, 9.17) is 9.72 Å². The molecule has 0 radical (unpaired) electrons. The molecule has 1 aromatic heterocycles. The lowest BCUT2D eigenvalue weighted by molar-refractivity contribution is -0.130. The first-order chi connectivity index (χ1) is 12.1. The monoisotopic (exact) mass is 339 g/mol. The van der Waals surface area contributed by atoms with Gasteiger partial charge in [-0.3, -0.25) is 4.79 Å². The summed E-state index contributed by atoms with van der Waals surface area (Å²) < 4.78 is 8.25. The fourth-order valence-electron chi connectivity index (χ4n) is 4.01. The molecule has 1 saturated heterocycles. The molecule has 4 rings (SSSR count). The Bertz CT molecular complexity index is 757. The number of carbonyl (C=O) groups excluding carboxylic acids is 1. The van der Waals surface area contributed by atoms with Gasteiger partial charge < -0.3 is 14.2 Å². The number of imidazole rings is 1. The second-order valence-electron chi connectivity index (χ2n) is 7.15. The maximum absolute atomic E-state index is 11.6. The fourth-order valence-corrected chi connectivity index (χ4v) is 4.01.